The summed E-state index contributed by atoms with van der Waals surface area (Å²) in [5.74, 6) is -0.344. The molecule has 1 aromatic rings. The monoisotopic (exact) mass is 322 g/mol. The summed E-state index contributed by atoms with van der Waals surface area (Å²) in [5, 5.41) is 2.74. The first-order valence-electron chi connectivity index (χ1n) is 7.84. The van der Waals surface area contributed by atoms with Crippen molar-refractivity contribution < 1.29 is 14.0 Å². The molecule has 2 rings (SSSR count). The highest BCUT2D eigenvalue weighted by molar-refractivity contribution is 5.92. The molecule has 1 fully saturated rings. The number of nitrogens with one attached hydrogen (secondary N) is 1. The third-order valence-electron chi connectivity index (χ3n) is 3.81. The molecule has 1 aromatic carbocycles. The van der Waals surface area contributed by atoms with Gasteiger partial charge < -0.3 is 16.0 Å². The SMILES string of the molecule is NCCCC(=O)N1CCN(CC(=O)Nc2ccc(F)cc2)CC1. The standard InChI is InChI=1S/C16H23FN4O2/c17-13-3-5-14(6-4-13)19-15(22)12-20-8-10-21(11-9-20)16(23)2-1-7-18/h3-6H,1-2,7-12,18H2,(H,19,22). The van der Waals surface area contributed by atoms with Crippen LogP contribution >= 0.6 is 0 Å². The third kappa shape index (κ3) is 5.61. The molecule has 3 N–H and O–H groups in total. The number of nitrogens with two attached hydrogens (primary N) is 1. The lowest BCUT2D eigenvalue weighted by molar-refractivity contribution is -0.133. The largest absolute Gasteiger partial charge is 0.340 e. The van der Waals surface area contributed by atoms with Crippen molar-refractivity contribution in [3.8, 4) is 0 Å². The van der Waals surface area contributed by atoms with Gasteiger partial charge >= 0.3 is 0 Å². The van der Waals surface area contributed by atoms with E-state index in [9.17, 15) is 14.0 Å². The van der Waals surface area contributed by atoms with Crippen LogP contribution in [0.25, 0.3) is 0 Å². The van der Waals surface area contributed by atoms with E-state index >= 15 is 0 Å². The van der Waals surface area contributed by atoms with Crippen molar-refractivity contribution in [2.24, 2.45) is 5.73 Å². The van der Waals surface area contributed by atoms with Gasteiger partial charge in [-0.15, -0.1) is 0 Å². The second-order valence-corrected chi connectivity index (χ2v) is 5.60. The van der Waals surface area contributed by atoms with Gasteiger partial charge in [-0.2, -0.15) is 0 Å². The van der Waals surface area contributed by atoms with Crippen LogP contribution in [0.3, 0.4) is 0 Å². The van der Waals surface area contributed by atoms with Crippen molar-refractivity contribution in [1.29, 1.82) is 0 Å². The van der Waals surface area contributed by atoms with Gasteiger partial charge in [0.15, 0.2) is 0 Å². The minimum Gasteiger partial charge on any atom is -0.340 e. The van der Waals surface area contributed by atoms with Gasteiger partial charge in [0.1, 0.15) is 5.82 Å². The molecule has 7 heteroatoms. The van der Waals surface area contributed by atoms with Crippen LogP contribution in [0.5, 0.6) is 0 Å². The number of piperazine rings is 1. The smallest absolute Gasteiger partial charge is 0.238 e. The fraction of sp³-hybridized carbons (Fsp3) is 0.500. The maximum atomic E-state index is 12.8. The van der Waals surface area contributed by atoms with Crippen molar-refractivity contribution in [2.45, 2.75) is 12.8 Å². The molecule has 0 radical (unpaired) electrons. The van der Waals surface area contributed by atoms with Crippen LogP contribution in [-0.2, 0) is 9.59 Å². The van der Waals surface area contributed by atoms with Crippen molar-refractivity contribution in [2.75, 3.05) is 44.6 Å². The Kier molecular flexibility index (Phi) is 6.49. The van der Waals surface area contributed by atoms with E-state index in [0.29, 0.717) is 51.3 Å². The molecule has 6 nitrogen and oxygen atoms in total. The van der Waals surface area contributed by atoms with Crippen LogP contribution in [0, 0.1) is 5.82 Å². The van der Waals surface area contributed by atoms with E-state index in [4.69, 9.17) is 5.73 Å². The van der Waals surface area contributed by atoms with Crippen LogP contribution in [-0.4, -0.2) is 60.9 Å². The first-order valence-corrected chi connectivity index (χ1v) is 7.84. The number of amides is 2. The van der Waals surface area contributed by atoms with Crippen LogP contribution in [0.2, 0.25) is 0 Å². The zero-order valence-corrected chi connectivity index (χ0v) is 13.1. The lowest BCUT2D eigenvalue weighted by atomic mass is 10.2. The van der Waals surface area contributed by atoms with Crippen molar-refractivity contribution in [3.05, 3.63) is 30.1 Å². The molecular weight excluding hydrogens is 299 g/mol. The van der Waals surface area contributed by atoms with Gasteiger partial charge in [-0.05, 0) is 37.2 Å². The van der Waals surface area contributed by atoms with Crippen LogP contribution in [0.1, 0.15) is 12.8 Å². The number of anilines is 1. The average Bonchev–Trinajstić information content (AvgIpc) is 2.55. The quantitative estimate of drug-likeness (QED) is 0.806. The van der Waals surface area contributed by atoms with Gasteiger partial charge in [-0.3, -0.25) is 14.5 Å². The first-order chi connectivity index (χ1) is 11.1. The van der Waals surface area contributed by atoms with Crippen molar-refractivity contribution >= 4 is 17.5 Å². The minimum atomic E-state index is -0.335. The topological polar surface area (TPSA) is 78.7 Å². The molecule has 0 atom stereocenters. The Morgan fingerprint density at radius 2 is 1.78 bits per heavy atom. The van der Waals surface area contributed by atoms with Crippen LogP contribution in [0.15, 0.2) is 24.3 Å². The average molecular weight is 322 g/mol. The molecular formula is C16H23FN4O2. The van der Waals surface area contributed by atoms with E-state index in [1.165, 1.54) is 24.3 Å². The van der Waals surface area contributed by atoms with Gasteiger partial charge in [-0.25, -0.2) is 4.39 Å². The van der Waals surface area contributed by atoms with Gasteiger partial charge in [-0.1, -0.05) is 0 Å². The van der Waals surface area contributed by atoms with Crippen LogP contribution < -0.4 is 11.1 Å². The molecule has 2 amide bonds. The molecule has 23 heavy (non-hydrogen) atoms. The summed E-state index contributed by atoms with van der Waals surface area (Å²) in [4.78, 5) is 27.7. The molecule has 0 aliphatic carbocycles. The molecule has 126 valence electrons. The molecule has 1 saturated heterocycles. The zero-order chi connectivity index (χ0) is 16.7. The zero-order valence-electron chi connectivity index (χ0n) is 13.1. The number of carbonyl (C=O) groups is 2. The number of hydrogen-bond donors (Lipinski definition) is 2. The normalized spacial score (nSPS) is 15.5. The second kappa shape index (κ2) is 8.59. The highest BCUT2D eigenvalue weighted by Gasteiger charge is 2.21. The number of nitrogens with zero attached hydrogens (tertiary/aromatic N) is 2. The summed E-state index contributed by atoms with van der Waals surface area (Å²) < 4.78 is 12.8. The number of halogens is 1. The lowest BCUT2D eigenvalue weighted by Crippen LogP contribution is -2.50. The molecule has 0 spiro atoms. The number of hydrogen-bond acceptors (Lipinski definition) is 4. The fourth-order valence-electron chi connectivity index (χ4n) is 2.50. The predicted octanol–water partition coefficient (Wildman–Crippen LogP) is 0.647. The van der Waals surface area contributed by atoms with E-state index in [-0.39, 0.29) is 24.2 Å². The molecule has 0 aromatic heterocycles. The van der Waals surface area contributed by atoms with E-state index in [1.807, 2.05) is 9.80 Å². The van der Waals surface area contributed by atoms with Gasteiger partial charge in [0.05, 0.1) is 6.54 Å². The second-order valence-electron chi connectivity index (χ2n) is 5.60. The Bertz CT molecular complexity index is 527. The summed E-state index contributed by atoms with van der Waals surface area (Å²) in [6.45, 7) is 3.40. The molecule has 0 unspecified atom stereocenters. The van der Waals surface area contributed by atoms with Crippen molar-refractivity contribution in [1.82, 2.24) is 9.80 Å². The third-order valence-corrected chi connectivity index (χ3v) is 3.81. The summed E-state index contributed by atoms with van der Waals surface area (Å²) in [6, 6.07) is 5.67. The number of benzene rings is 1. The van der Waals surface area contributed by atoms with Crippen molar-refractivity contribution in [3.63, 3.8) is 0 Å². The van der Waals surface area contributed by atoms with Gasteiger partial charge in [0.2, 0.25) is 11.8 Å². The Hall–Kier alpha value is -1.99. The number of carbonyl (C=O) groups excluding carboxylic acids is 2. The maximum Gasteiger partial charge on any atom is 0.238 e. The van der Waals surface area contributed by atoms with E-state index < -0.39 is 0 Å². The van der Waals surface area contributed by atoms with E-state index in [0.717, 1.165) is 0 Å². The minimum absolute atomic E-state index is 0.130. The lowest BCUT2D eigenvalue weighted by Gasteiger charge is -2.34. The maximum absolute atomic E-state index is 12.8. The predicted molar refractivity (Wildman–Crippen MR) is 86.3 cm³/mol. The van der Waals surface area contributed by atoms with E-state index in [2.05, 4.69) is 5.32 Å². The first kappa shape index (κ1) is 17.4. The number of rotatable bonds is 6. The highest BCUT2D eigenvalue weighted by Crippen LogP contribution is 2.09. The molecule has 1 heterocycles. The van der Waals surface area contributed by atoms with E-state index in [1.54, 1.807) is 0 Å². The summed E-state index contributed by atoms with van der Waals surface area (Å²) in [6.07, 6.45) is 1.20. The summed E-state index contributed by atoms with van der Waals surface area (Å²) >= 11 is 0. The molecule has 0 saturated carbocycles. The molecule has 1 aliphatic rings. The van der Waals surface area contributed by atoms with Crippen LogP contribution in [0.4, 0.5) is 10.1 Å². The Morgan fingerprint density at radius 1 is 1.13 bits per heavy atom. The Balaban J connectivity index is 1.72. The fourth-order valence-corrected chi connectivity index (χ4v) is 2.50. The Morgan fingerprint density at radius 3 is 2.39 bits per heavy atom. The summed E-state index contributed by atoms with van der Waals surface area (Å²) in [7, 11) is 0. The van der Waals surface area contributed by atoms with Gasteiger partial charge in [0, 0.05) is 38.3 Å². The van der Waals surface area contributed by atoms with Gasteiger partial charge in [0.25, 0.3) is 0 Å². The Labute approximate surface area is 135 Å². The molecule has 1 aliphatic heterocycles. The summed E-state index contributed by atoms with van der Waals surface area (Å²) in [5.41, 5.74) is 5.99. The highest BCUT2D eigenvalue weighted by atomic mass is 19.1. The molecule has 0 bridgehead atoms.